The van der Waals surface area contributed by atoms with Gasteiger partial charge in [0.15, 0.2) is 0 Å². The van der Waals surface area contributed by atoms with E-state index in [9.17, 15) is 19.2 Å². The molecule has 3 aromatic carbocycles. The summed E-state index contributed by atoms with van der Waals surface area (Å²) in [5.74, 6) is -2.12. The smallest absolute Gasteiger partial charge is 0.340 e. The molecular formula is C30H26N2O6. The molecule has 0 fully saturated rings. The Hall–Kier alpha value is -4.72. The summed E-state index contributed by atoms with van der Waals surface area (Å²) >= 11 is 0. The summed E-state index contributed by atoms with van der Waals surface area (Å²) in [7, 11) is 0. The van der Waals surface area contributed by atoms with Crippen LogP contribution in [-0.4, -0.2) is 45.9 Å². The molecule has 192 valence electrons. The van der Waals surface area contributed by atoms with E-state index in [1.54, 1.807) is 49.4 Å². The second-order valence-corrected chi connectivity index (χ2v) is 9.05. The Morgan fingerprint density at radius 1 is 0.895 bits per heavy atom. The van der Waals surface area contributed by atoms with Crippen LogP contribution in [0.3, 0.4) is 0 Å². The second kappa shape index (κ2) is 9.97. The van der Waals surface area contributed by atoms with Crippen molar-refractivity contribution in [2.75, 3.05) is 6.61 Å². The van der Waals surface area contributed by atoms with E-state index in [1.165, 1.54) is 6.92 Å². The predicted molar refractivity (Wildman–Crippen MR) is 140 cm³/mol. The van der Waals surface area contributed by atoms with Crippen LogP contribution in [0.1, 0.15) is 56.2 Å². The number of amides is 2. The van der Waals surface area contributed by atoms with Crippen LogP contribution >= 0.6 is 0 Å². The largest absolute Gasteiger partial charge is 0.462 e. The number of carbonyl (C=O) groups excluding carboxylic acids is 4. The number of fused-ring (bicyclic) bond motifs is 2. The number of benzene rings is 3. The normalized spacial score (nSPS) is 13.5. The van der Waals surface area contributed by atoms with Crippen molar-refractivity contribution in [1.82, 2.24) is 9.47 Å². The number of hydrogen-bond donors (Lipinski definition) is 0. The van der Waals surface area contributed by atoms with Crippen molar-refractivity contribution in [1.29, 1.82) is 0 Å². The number of imide groups is 1. The summed E-state index contributed by atoms with van der Waals surface area (Å²) in [5, 5.41) is 0.579. The third kappa shape index (κ3) is 4.24. The third-order valence-electron chi connectivity index (χ3n) is 6.73. The highest BCUT2D eigenvalue weighted by Gasteiger charge is 2.41. The van der Waals surface area contributed by atoms with Crippen molar-refractivity contribution < 1.29 is 28.7 Å². The van der Waals surface area contributed by atoms with Gasteiger partial charge in [0.25, 0.3) is 11.8 Å². The average Bonchev–Trinajstić information content (AvgIpc) is 3.33. The third-order valence-corrected chi connectivity index (χ3v) is 6.73. The molecule has 0 aliphatic carbocycles. The summed E-state index contributed by atoms with van der Waals surface area (Å²) in [6, 6.07) is 20.2. The Morgan fingerprint density at radius 3 is 2.16 bits per heavy atom. The molecule has 1 aromatic heterocycles. The molecule has 1 atom stereocenters. The molecular weight excluding hydrogens is 484 g/mol. The number of nitrogens with zero attached hydrogens (tertiary/aromatic N) is 2. The van der Waals surface area contributed by atoms with E-state index in [0.29, 0.717) is 17.5 Å². The van der Waals surface area contributed by atoms with Gasteiger partial charge in [-0.05, 0) is 56.7 Å². The van der Waals surface area contributed by atoms with Crippen molar-refractivity contribution in [3.8, 4) is 5.75 Å². The number of aromatic nitrogens is 1. The van der Waals surface area contributed by atoms with Crippen LogP contribution in [0.15, 0.2) is 72.8 Å². The van der Waals surface area contributed by atoms with Gasteiger partial charge in [0.1, 0.15) is 11.8 Å². The van der Waals surface area contributed by atoms with E-state index in [-0.39, 0.29) is 23.5 Å². The van der Waals surface area contributed by atoms with Gasteiger partial charge in [-0.2, -0.15) is 0 Å². The standard InChI is InChI=1S/C30H26N2O6/c1-4-37-30(36)26-18(2)31(17-20-10-6-5-7-11-20)25-15-14-21(16-24(25)26)38-29(35)19(3)32-27(33)22-12-8-9-13-23(22)28(32)34/h5-16,19H,4,17H2,1-3H3. The van der Waals surface area contributed by atoms with Crippen molar-refractivity contribution in [3.63, 3.8) is 0 Å². The SMILES string of the molecule is CCOC(=O)c1c(C)n(Cc2ccccc2)c2ccc(OC(=O)C(C)N3C(=O)c4ccccc4C3=O)cc12. The Kier molecular flexibility index (Phi) is 6.55. The summed E-state index contributed by atoms with van der Waals surface area (Å²) in [6.45, 7) is 5.80. The molecule has 0 spiro atoms. The summed E-state index contributed by atoms with van der Waals surface area (Å²) < 4.78 is 12.9. The van der Waals surface area contributed by atoms with Crippen molar-refractivity contribution >= 4 is 34.7 Å². The average molecular weight is 511 g/mol. The molecule has 0 bridgehead atoms. The maximum absolute atomic E-state index is 13.0. The van der Waals surface area contributed by atoms with E-state index in [1.807, 2.05) is 41.8 Å². The summed E-state index contributed by atoms with van der Waals surface area (Å²) in [6.07, 6.45) is 0. The van der Waals surface area contributed by atoms with E-state index >= 15 is 0 Å². The van der Waals surface area contributed by atoms with E-state index < -0.39 is 29.8 Å². The van der Waals surface area contributed by atoms with E-state index in [0.717, 1.165) is 21.7 Å². The Balaban J connectivity index is 1.46. The molecule has 4 aromatic rings. The molecule has 2 amide bonds. The van der Waals surface area contributed by atoms with Gasteiger partial charge in [0.05, 0.1) is 23.3 Å². The van der Waals surface area contributed by atoms with Gasteiger partial charge in [-0.1, -0.05) is 42.5 Å². The molecule has 0 saturated heterocycles. The number of esters is 2. The maximum atomic E-state index is 13.0. The van der Waals surface area contributed by atoms with Gasteiger partial charge in [0.2, 0.25) is 0 Å². The summed E-state index contributed by atoms with van der Waals surface area (Å²) in [4.78, 5) is 52.5. The van der Waals surface area contributed by atoms with Crippen molar-refractivity contribution in [3.05, 3.63) is 101 Å². The van der Waals surface area contributed by atoms with Gasteiger partial charge in [-0.25, -0.2) is 9.59 Å². The van der Waals surface area contributed by atoms with Crippen molar-refractivity contribution in [2.45, 2.75) is 33.4 Å². The minimum absolute atomic E-state index is 0.188. The zero-order valence-electron chi connectivity index (χ0n) is 21.3. The molecule has 0 radical (unpaired) electrons. The fraction of sp³-hybridized carbons (Fsp3) is 0.200. The van der Waals surface area contributed by atoms with Crippen LogP contribution in [0, 0.1) is 6.92 Å². The zero-order chi connectivity index (χ0) is 27.0. The molecule has 38 heavy (non-hydrogen) atoms. The highest BCUT2D eigenvalue weighted by Crippen LogP contribution is 2.32. The fourth-order valence-electron chi connectivity index (χ4n) is 4.82. The lowest BCUT2D eigenvalue weighted by molar-refractivity contribution is -0.138. The highest BCUT2D eigenvalue weighted by atomic mass is 16.5. The van der Waals surface area contributed by atoms with Gasteiger partial charge >= 0.3 is 11.9 Å². The first kappa shape index (κ1) is 25.0. The second-order valence-electron chi connectivity index (χ2n) is 9.05. The number of hydrogen-bond acceptors (Lipinski definition) is 6. The zero-order valence-corrected chi connectivity index (χ0v) is 21.3. The van der Waals surface area contributed by atoms with E-state index in [2.05, 4.69) is 0 Å². The van der Waals surface area contributed by atoms with Gasteiger partial charge in [0, 0.05) is 23.1 Å². The number of rotatable bonds is 7. The van der Waals surface area contributed by atoms with Crippen molar-refractivity contribution in [2.24, 2.45) is 0 Å². The lowest BCUT2D eigenvalue weighted by Gasteiger charge is -2.20. The lowest BCUT2D eigenvalue weighted by atomic mass is 10.1. The monoisotopic (exact) mass is 510 g/mol. The van der Waals surface area contributed by atoms with Crippen LogP contribution in [0.5, 0.6) is 5.75 Å². The maximum Gasteiger partial charge on any atom is 0.340 e. The van der Waals surface area contributed by atoms with Crippen LogP contribution < -0.4 is 4.74 Å². The van der Waals surface area contributed by atoms with Gasteiger partial charge < -0.3 is 14.0 Å². The number of ether oxygens (including phenoxy) is 2. The van der Waals surface area contributed by atoms with Crippen LogP contribution in [0.25, 0.3) is 10.9 Å². The Bertz CT molecular complexity index is 1550. The first-order chi connectivity index (χ1) is 18.3. The van der Waals surface area contributed by atoms with Crippen LogP contribution in [0.2, 0.25) is 0 Å². The molecule has 0 saturated carbocycles. The highest BCUT2D eigenvalue weighted by molar-refractivity contribution is 6.22. The quantitative estimate of drug-likeness (QED) is 0.202. The first-order valence-corrected chi connectivity index (χ1v) is 12.3. The molecule has 2 heterocycles. The Morgan fingerprint density at radius 2 is 1.53 bits per heavy atom. The fourth-order valence-corrected chi connectivity index (χ4v) is 4.82. The molecule has 1 aliphatic rings. The predicted octanol–water partition coefficient (Wildman–Crippen LogP) is 4.76. The minimum Gasteiger partial charge on any atom is -0.462 e. The van der Waals surface area contributed by atoms with Gasteiger partial charge in [-0.15, -0.1) is 0 Å². The van der Waals surface area contributed by atoms with E-state index in [4.69, 9.17) is 9.47 Å². The molecule has 1 unspecified atom stereocenters. The molecule has 8 heteroatoms. The molecule has 8 nitrogen and oxygen atoms in total. The first-order valence-electron chi connectivity index (χ1n) is 12.3. The topological polar surface area (TPSA) is 94.9 Å². The summed E-state index contributed by atoms with van der Waals surface area (Å²) in [5.41, 5.74) is 3.48. The number of carbonyl (C=O) groups is 4. The molecule has 0 N–H and O–H groups in total. The lowest BCUT2D eigenvalue weighted by Crippen LogP contribution is -2.44. The van der Waals surface area contributed by atoms with Gasteiger partial charge in [-0.3, -0.25) is 14.5 Å². The molecule has 1 aliphatic heterocycles. The molecule has 5 rings (SSSR count). The minimum atomic E-state index is -1.15. The van der Waals surface area contributed by atoms with Crippen LogP contribution in [-0.2, 0) is 16.1 Å². The van der Waals surface area contributed by atoms with Crippen LogP contribution in [0.4, 0.5) is 0 Å². The Labute approximate surface area is 219 Å².